The van der Waals surface area contributed by atoms with Crippen molar-refractivity contribution in [3.05, 3.63) is 12.7 Å². The van der Waals surface area contributed by atoms with Crippen LogP contribution in [0.15, 0.2) is 12.7 Å². The van der Waals surface area contributed by atoms with Gasteiger partial charge in [0.1, 0.15) is 0 Å². The lowest BCUT2D eigenvalue weighted by atomic mass is 9.80. The fraction of sp³-hybridized carbons (Fsp3) is 0.667. The smallest absolute Gasteiger partial charge is 0.376 e. The van der Waals surface area contributed by atoms with Crippen LogP contribution in [0.25, 0.3) is 0 Å². The molecule has 0 spiro atoms. The highest BCUT2D eigenvalue weighted by Gasteiger charge is 2.26. The predicted octanol–water partition coefficient (Wildman–Crippen LogP) is 0.564. The second-order valence-electron chi connectivity index (χ2n) is 3.55. The number of piperidine rings is 1. The van der Waals surface area contributed by atoms with Crippen LogP contribution < -0.4 is 0 Å². The minimum Gasteiger partial charge on any atom is -0.437 e. The first-order valence-corrected chi connectivity index (χ1v) is 4.73. The molecule has 1 aliphatic rings. The van der Waals surface area contributed by atoms with Crippen molar-refractivity contribution in [1.29, 1.82) is 0 Å². The summed E-state index contributed by atoms with van der Waals surface area (Å²) in [5.41, 5.74) is 0. The highest BCUT2D eigenvalue weighted by atomic mass is 16.2. The van der Waals surface area contributed by atoms with Crippen molar-refractivity contribution in [2.75, 3.05) is 13.1 Å². The second-order valence-corrected chi connectivity index (χ2v) is 3.55. The molecule has 4 heteroatoms. The third kappa shape index (κ3) is 2.67. The standard InChI is InChI=1S/C9H16BNO2/c1-3-9(12)8-4-6-11(7-5-8)10(2)13/h3,8,13H,1,4-7H2,2H3. The molecule has 13 heavy (non-hydrogen) atoms. The third-order valence-corrected chi connectivity index (χ3v) is 2.66. The zero-order valence-electron chi connectivity index (χ0n) is 8.07. The lowest BCUT2D eigenvalue weighted by Gasteiger charge is -2.31. The Morgan fingerprint density at radius 3 is 2.54 bits per heavy atom. The quantitative estimate of drug-likeness (QED) is 0.510. The molecule has 0 aromatic heterocycles. The molecule has 0 amide bonds. The molecule has 0 unspecified atom stereocenters. The van der Waals surface area contributed by atoms with Crippen LogP contribution in [-0.2, 0) is 4.79 Å². The lowest BCUT2D eigenvalue weighted by molar-refractivity contribution is -0.119. The van der Waals surface area contributed by atoms with Crippen molar-refractivity contribution in [1.82, 2.24) is 4.81 Å². The van der Waals surface area contributed by atoms with Crippen molar-refractivity contribution < 1.29 is 9.82 Å². The zero-order chi connectivity index (χ0) is 9.84. The molecule has 1 aliphatic heterocycles. The minimum absolute atomic E-state index is 0.132. The second kappa shape index (κ2) is 4.58. The van der Waals surface area contributed by atoms with E-state index in [1.807, 2.05) is 4.81 Å². The van der Waals surface area contributed by atoms with E-state index in [0.717, 1.165) is 25.9 Å². The summed E-state index contributed by atoms with van der Waals surface area (Å²) in [6.07, 6.45) is 3.09. The van der Waals surface area contributed by atoms with Crippen LogP contribution in [0.2, 0.25) is 6.82 Å². The summed E-state index contributed by atoms with van der Waals surface area (Å²) in [5.74, 6) is 0.276. The van der Waals surface area contributed by atoms with Crippen LogP contribution in [0.4, 0.5) is 0 Å². The van der Waals surface area contributed by atoms with Crippen molar-refractivity contribution in [2.24, 2.45) is 5.92 Å². The van der Waals surface area contributed by atoms with E-state index in [4.69, 9.17) is 0 Å². The minimum atomic E-state index is -0.389. The topological polar surface area (TPSA) is 40.5 Å². The Morgan fingerprint density at radius 2 is 2.15 bits per heavy atom. The maximum Gasteiger partial charge on any atom is 0.376 e. The SMILES string of the molecule is C=CC(=O)C1CCN(B(C)O)CC1. The molecular weight excluding hydrogens is 165 g/mol. The first kappa shape index (κ1) is 10.5. The molecule has 1 N–H and O–H groups in total. The summed E-state index contributed by atoms with van der Waals surface area (Å²) in [6, 6.07) is 0. The maximum atomic E-state index is 11.2. The number of nitrogens with zero attached hydrogens (tertiary/aromatic N) is 1. The Hall–Kier alpha value is -0.605. The van der Waals surface area contributed by atoms with E-state index < -0.39 is 0 Å². The first-order valence-electron chi connectivity index (χ1n) is 4.73. The van der Waals surface area contributed by atoms with E-state index in [-0.39, 0.29) is 18.8 Å². The van der Waals surface area contributed by atoms with Crippen LogP contribution in [-0.4, -0.2) is 35.8 Å². The molecule has 0 saturated carbocycles. The summed E-state index contributed by atoms with van der Waals surface area (Å²) in [7, 11) is -0.389. The average molecular weight is 181 g/mol. The lowest BCUT2D eigenvalue weighted by Crippen LogP contribution is -2.44. The molecule has 0 aromatic carbocycles. The monoisotopic (exact) mass is 181 g/mol. The highest BCUT2D eigenvalue weighted by molar-refractivity contribution is 6.45. The predicted molar refractivity (Wildman–Crippen MR) is 53.3 cm³/mol. The molecule has 0 aromatic rings. The summed E-state index contributed by atoms with van der Waals surface area (Å²) < 4.78 is 0. The molecule has 3 nitrogen and oxygen atoms in total. The third-order valence-electron chi connectivity index (χ3n) is 2.66. The highest BCUT2D eigenvalue weighted by Crippen LogP contribution is 2.18. The van der Waals surface area contributed by atoms with E-state index in [0.29, 0.717) is 0 Å². The van der Waals surface area contributed by atoms with E-state index in [2.05, 4.69) is 6.58 Å². The molecule has 1 heterocycles. The Bertz CT molecular complexity index is 198. The van der Waals surface area contributed by atoms with E-state index in [1.54, 1.807) is 6.82 Å². The van der Waals surface area contributed by atoms with Gasteiger partial charge in [0.2, 0.25) is 0 Å². The zero-order valence-corrected chi connectivity index (χ0v) is 8.07. The van der Waals surface area contributed by atoms with Gasteiger partial charge in [-0.1, -0.05) is 6.58 Å². The van der Waals surface area contributed by atoms with Crippen LogP contribution >= 0.6 is 0 Å². The number of hydrogen-bond acceptors (Lipinski definition) is 3. The van der Waals surface area contributed by atoms with E-state index >= 15 is 0 Å². The molecule has 0 radical (unpaired) electrons. The largest absolute Gasteiger partial charge is 0.437 e. The molecule has 1 saturated heterocycles. The number of carbonyl (C=O) groups excluding carboxylic acids is 1. The van der Waals surface area contributed by atoms with Crippen molar-refractivity contribution in [3.8, 4) is 0 Å². The van der Waals surface area contributed by atoms with Gasteiger partial charge < -0.3 is 9.83 Å². The number of allylic oxidation sites excluding steroid dienone is 1. The summed E-state index contributed by atoms with van der Waals surface area (Å²) in [6.45, 7) is 6.85. The number of ketones is 1. The Balaban J connectivity index is 2.38. The maximum absolute atomic E-state index is 11.2. The van der Waals surface area contributed by atoms with Gasteiger partial charge in [-0.2, -0.15) is 0 Å². The molecule has 1 rings (SSSR count). The number of carbonyl (C=O) groups is 1. The first-order chi connectivity index (χ1) is 6.15. The summed E-state index contributed by atoms with van der Waals surface area (Å²) in [4.78, 5) is 13.2. The summed E-state index contributed by atoms with van der Waals surface area (Å²) >= 11 is 0. The van der Waals surface area contributed by atoms with Crippen LogP contribution in [0.3, 0.4) is 0 Å². The van der Waals surface area contributed by atoms with Gasteiger partial charge in [0, 0.05) is 5.92 Å². The van der Waals surface area contributed by atoms with E-state index in [1.165, 1.54) is 6.08 Å². The number of hydrogen-bond donors (Lipinski definition) is 1. The molecule has 0 bridgehead atoms. The van der Waals surface area contributed by atoms with Crippen molar-refractivity contribution >= 4 is 12.8 Å². The van der Waals surface area contributed by atoms with Crippen LogP contribution in [0.5, 0.6) is 0 Å². The van der Waals surface area contributed by atoms with Crippen molar-refractivity contribution in [2.45, 2.75) is 19.7 Å². The molecule has 1 fully saturated rings. The molecular formula is C9H16BNO2. The summed E-state index contributed by atoms with van der Waals surface area (Å²) in [5, 5.41) is 9.28. The van der Waals surface area contributed by atoms with Gasteiger partial charge in [0.15, 0.2) is 5.78 Å². The van der Waals surface area contributed by atoms with Crippen LogP contribution in [0.1, 0.15) is 12.8 Å². The van der Waals surface area contributed by atoms with Gasteiger partial charge in [-0.25, -0.2) is 0 Å². The average Bonchev–Trinajstić information content (AvgIpc) is 2.17. The van der Waals surface area contributed by atoms with Gasteiger partial charge in [-0.05, 0) is 38.8 Å². The van der Waals surface area contributed by atoms with Gasteiger partial charge in [-0.15, -0.1) is 0 Å². The Labute approximate surface area is 79.6 Å². The van der Waals surface area contributed by atoms with Crippen molar-refractivity contribution in [3.63, 3.8) is 0 Å². The van der Waals surface area contributed by atoms with Gasteiger partial charge in [0.25, 0.3) is 0 Å². The van der Waals surface area contributed by atoms with Crippen LogP contribution in [0, 0.1) is 5.92 Å². The molecule has 0 atom stereocenters. The normalized spacial score (nSPS) is 19.8. The fourth-order valence-electron chi connectivity index (χ4n) is 1.72. The van der Waals surface area contributed by atoms with Gasteiger partial charge in [0.05, 0.1) is 0 Å². The molecule has 0 aliphatic carbocycles. The molecule has 72 valence electrons. The van der Waals surface area contributed by atoms with E-state index in [9.17, 15) is 9.82 Å². The van der Waals surface area contributed by atoms with Gasteiger partial charge >= 0.3 is 7.05 Å². The Morgan fingerprint density at radius 1 is 1.62 bits per heavy atom. The number of rotatable bonds is 3. The van der Waals surface area contributed by atoms with Gasteiger partial charge in [-0.3, -0.25) is 4.79 Å². The Kier molecular flexibility index (Phi) is 3.69. The fourth-order valence-corrected chi connectivity index (χ4v) is 1.72.